The highest BCUT2D eigenvalue weighted by atomic mass is 19.4. The first-order valence-electron chi connectivity index (χ1n) is 10.5. The van der Waals surface area contributed by atoms with E-state index in [1.165, 1.54) is 0 Å². The first kappa shape index (κ1) is 21.2. The van der Waals surface area contributed by atoms with E-state index in [-0.39, 0.29) is 24.8 Å². The van der Waals surface area contributed by atoms with Gasteiger partial charge in [-0.05, 0) is 19.1 Å². The summed E-state index contributed by atoms with van der Waals surface area (Å²) in [7, 11) is 0. The van der Waals surface area contributed by atoms with Crippen molar-refractivity contribution in [2.24, 2.45) is 0 Å². The van der Waals surface area contributed by atoms with Crippen molar-refractivity contribution in [1.82, 2.24) is 20.3 Å². The lowest BCUT2D eigenvalue weighted by molar-refractivity contribution is -0.208. The maximum atomic E-state index is 12.4. The van der Waals surface area contributed by atoms with Crippen LogP contribution in [0, 0.1) is 6.92 Å². The molecule has 1 saturated carbocycles. The van der Waals surface area contributed by atoms with Crippen molar-refractivity contribution in [3.63, 3.8) is 0 Å². The largest absolute Gasteiger partial charge is 0.490 e. The van der Waals surface area contributed by atoms with Crippen LogP contribution in [-0.2, 0) is 16.0 Å². The molecule has 2 aromatic heterocycles. The van der Waals surface area contributed by atoms with Crippen molar-refractivity contribution in [2.75, 3.05) is 11.9 Å². The van der Waals surface area contributed by atoms with Crippen LogP contribution in [-0.4, -0.2) is 51.7 Å². The van der Waals surface area contributed by atoms with Crippen molar-refractivity contribution < 1.29 is 27.5 Å². The van der Waals surface area contributed by atoms with Crippen LogP contribution in [0.25, 0.3) is 22.3 Å². The lowest BCUT2D eigenvalue weighted by atomic mass is 9.89. The molecule has 0 unspecified atom stereocenters. The van der Waals surface area contributed by atoms with Crippen LogP contribution in [0.5, 0.6) is 0 Å². The highest BCUT2D eigenvalue weighted by molar-refractivity contribution is 5.99. The number of aromatic nitrogens is 3. The Bertz CT molecular complexity index is 1260. The van der Waals surface area contributed by atoms with Crippen LogP contribution in [0.15, 0.2) is 24.3 Å². The van der Waals surface area contributed by atoms with E-state index in [4.69, 9.17) is 4.98 Å². The van der Waals surface area contributed by atoms with Crippen LogP contribution in [0.3, 0.4) is 0 Å². The summed E-state index contributed by atoms with van der Waals surface area (Å²) in [6, 6.07) is 7.22. The first-order valence-corrected chi connectivity index (χ1v) is 10.5. The number of alkyl halides is 3. The lowest BCUT2D eigenvalue weighted by Gasteiger charge is -2.35. The number of halogens is 3. The summed E-state index contributed by atoms with van der Waals surface area (Å²) >= 11 is 0. The first-order chi connectivity index (χ1) is 15.7. The minimum absolute atomic E-state index is 0.117. The number of hydrogen-bond donors (Lipinski definition) is 3. The van der Waals surface area contributed by atoms with Crippen molar-refractivity contribution >= 4 is 28.7 Å². The van der Waals surface area contributed by atoms with E-state index in [0.717, 1.165) is 17.0 Å². The smallest absolute Gasteiger partial charge is 0.456 e. The number of hydrogen-bond acceptors (Lipinski definition) is 6. The predicted molar refractivity (Wildman–Crippen MR) is 113 cm³/mol. The molecule has 33 heavy (non-hydrogen) atoms. The number of anilines is 1. The average Bonchev–Trinajstić information content (AvgIpc) is 3.17. The summed E-state index contributed by atoms with van der Waals surface area (Å²) in [5.41, 5.74) is 4.98. The van der Waals surface area contributed by atoms with E-state index in [2.05, 4.69) is 25.3 Å². The number of aromatic amines is 1. The molecule has 0 bridgehead atoms. The van der Waals surface area contributed by atoms with E-state index in [0.29, 0.717) is 41.1 Å². The van der Waals surface area contributed by atoms with E-state index >= 15 is 0 Å². The zero-order valence-corrected chi connectivity index (χ0v) is 17.5. The predicted octanol–water partition coefficient (Wildman–Crippen LogP) is 3.27. The van der Waals surface area contributed by atoms with Gasteiger partial charge in [-0.1, -0.05) is 12.1 Å². The fourth-order valence-corrected chi connectivity index (χ4v) is 4.15. The molecule has 8 nitrogen and oxygen atoms in total. The maximum Gasteiger partial charge on any atom is 0.490 e. The number of carbonyl (C=O) groups is 2. The monoisotopic (exact) mass is 459 g/mol. The number of rotatable bonds is 4. The van der Waals surface area contributed by atoms with Crippen molar-refractivity contribution in [2.45, 2.75) is 44.5 Å². The molecular weight excluding hydrogens is 439 g/mol. The molecule has 11 heteroatoms. The molecule has 3 aromatic rings. The normalized spacial score (nSPS) is 20.1. The van der Waals surface area contributed by atoms with Crippen LogP contribution in [0.4, 0.5) is 19.0 Å². The lowest BCUT2D eigenvalue weighted by Crippen LogP contribution is -2.44. The number of carbonyl (C=O) groups excluding carboxylic acids is 2. The van der Waals surface area contributed by atoms with Crippen LogP contribution in [0.2, 0.25) is 0 Å². The van der Waals surface area contributed by atoms with E-state index in [1.54, 1.807) is 13.0 Å². The number of ether oxygens (including phenoxy) is 1. The van der Waals surface area contributed by atoms with Gasteiger partial charge in [-0.25, -0.2) is 14.8 Å². The van der Waals surface area contributed by atoms with Gasteiger partial charge in [0, 0.05) is 48.8 Å². The summed E-state index contributed by atoms with van der Waals surface area (Å²) in [6.07, 6.45) is -4.56. The molecule has 0 atom stereocenters. The molecule has 0 spiro atoms. The van der Waals surface area contributed by atoms with Crippen molar-refractivity contribution in [3.8, 4) is 11.3 Å². The third kappa shape index (κ3) is 3.98. The topological polar surface area (TPSA) is 109 Å². The van der Waals surface area contributed by atoms with Crippen LogP contribution in [0.1, 0.15) is 34.6 Å². The summed E-state index contributed by atoms with van der Waals surface area (Å²) in [5, 5.41) is 6.02. The van der Waals surface area contributed by atoms with Gasteiger partial charge in [-0.15, -0.1) is 0 Å². The number of benzene rings is 1. The minimum Gasteiger partial charge on any atom is -0.456 e. The van der Waals surface area contributed by atoms with Gasteiger partial charge in [-0.3, -0.25) is 4.79 Å². The second-order valence-electron chi connectivity index (χ2n) is 8.25. The number of nitrogens with one attached hydrogen (secondary N) is 3. The van der Waals surface area contributed by atoms with Crippen molar-refractivity contribution in [3.05, 3.63) is 41.2 Å². The quantitative estimate of drug-likeness (QED) is 0.517. The fraction of sp³-hybridized carbons (Fsp3) is 0.364. The van der Waals surface area contributed by atoms with Gasteiger partial charge < -0.3 is 20.4 Å². The number of esters is 1. The van der Waals surface area contributed by atoms with Gasteiger partial charge in [0.05, 0.1) is 16.8 Å². The van der Waals surface area contributed by atoms with Gasteiger partial charge in [0.1, 0.15) is 17.4 Å². The Morgan fingerprint density at radius 2 is 2.00 bits per heavy atom. The second-order valence-corrected chi connectivity index (χ2v) is 8.25. The Kier molecular flexibility index (Phi) is 4.98. The SMILES string of the molecule is Cc1nc2cccc(-c3cc4c([nH]3)CCNC4=O)c2nc1N[C@H]1C[C@H](OC(=O)C(F)(F)F)C1. The molecule has 2 aliphatic rings. The molecule has 0 radical (unpaired) electrons. The third-order valence-corrected chi connectivity index (χ3v) is 5.90. The molecule has 172 valence electrons. The molecule has 1 fully saturated rings. The van der Waals surface area contributed by atoms with E-state index in [9.17, 15) is 22.8 Å². The Balaban J connectivity index is 1.38. The van der Waals surface area contributed by atoms with E-state index < -0.39 is 18.2 Å². The van der Waals surface area contributed by atoms with Gasteiger partial charge in [0.15, 0.2) is 0 Å². The number of para-hydroxylation sites is 1. The highest BCUT2D eigenvalue weighted by Gasteiger charge is 2.44. The summed E-state index contributed by atoms with van der Waals surface area (Å²) in [5.74, 6) is -1.77. The zero-order chi connectivity index (χ0) is 23.3. The van der Waals surface area contributed by atoms with Crippen molar-refractivity contribution in [1.29, 1.82) is 0 Å². The minimum atomic E-state index is -4.99. The van der Waals surface area contributed by atoms with E-state index in [1.807, 2.05) is 18.2 Å². The molecule has 0 saturated heterocycles. The van der Waals surface area contributed by atoms with Crippen LogP contribution < -0.4 is 10.6 Å². The Morgan fingerprint density at radius 1 is 1.21 bits per heavy atom. The van der Waals surface area contributed by atoms with Gasteiger partial charge in [0.25, 0.3) is 5.91 Å². The number of aryl methyl sites for hydroxylation is 1. The fourth-order valence-electron chi connectivity index (χ4n) is 4.15. The molecule has 3 N–H and O–H groups in total. The summed E-state index contributed by atoms with van der Waals surface area (Å²) < 4.78 is 41.5. The Hall–Kier alpha value is -3.63. The molecule has 3 heterocycles. The molecule has 1 amide bonds. The average molecular weight is 459 g/mol. The molecule has 1 aromatic carbocycles. The summed E-state index contributed by atoms with van der Waals surface area (Å²) in [4.78, 5) is 35.8. The number of amides is 1. The molecule has 1 aliphatic heterocycles. The van der Waals surface area contributed by atoms with Crippen LogP contribution >= 0.6 is 0 Å². The number of H-pyrrole nitrogens is 1. The van der Waals surface area contributed by atoms with Gasteiger partial charge >= 0.3 is 12.1 Å². The highest BCUT2D eigenvalue weighted by Crippen LogP contribution is 2.33. The molecule has 1 aliphatic carbocycles. The Labute approximate surface area is 185 Å². The van der Waals surface area contributed by atoms with Gasteiger partial charge in [0.2, 0.25) is 0 Å². The Morgan fingerprint density at radius 3 is 2.73 bits per heavy atom. The molecular formula is C22H20F3N5O3. The standard InChI is InChI=1S/C22H20F3N5O3/c1-10-19(28-11-7-12(8-11)33-21(32)22(23,24)25)30-18-13(3-2-4-16(18)27-10)17-9-14-15(29-17)5-6-26-20(14)31/h2-4,9,11-12,29H,5-8H2,1H3,(H,26,31)(H,28,30)/t11-,12-. The number of fused-ring (bicyclic) bond motifs is 2. The summed E-state index contributed by atoms with van der Waals surface area (Å²) in [6.45, 7) is 2.37. The maximum absolute atomic E-state index is 12.4. The third-order valence-electron chi connectivity index (χ3n) is 5.90. The molecule has 5 rings (SSSR count). The van der Waals surface area contributed by atoms with Gasteiger partial charge in [-0.2, -0.15) is 13.2 Å². The zero-order valence-electron chi connectivity index (χ0n) is 17.5. The number of nitrogens with zero attached hydrogens (tertiary/aromatic N) is 2. The second kappa shape index (κ2) is 7.75.